The fourth-order valence-corrected chi connectivity index (χ4v) is 4.42. The topological polar surface area (TPSA) is 89.0 Å². The highest BCUT2D eigenvalue weighted by atomic mass is 16.6. The summed E-state index contributed by atoms with van der Waals surface area (Å²) in [5.41, 5.74) is 14.3. The molecule has 6 nitrogen and oxygen atoms in total. The van der Waals surface area contributed by atoms with Crippen LogP contribution in [0.4, 0.5) is 0 Å². The lowest BCUT2D eigenvalue weighted by molar-refractivity contribution is -0.305. The Bertz CT molecular complexity index is 814. The Labute approximate surface area is 172 Å². The lowest BCUT2D eigenvalue weighted by atomic mass is 9.72. The van der Waals surface area contributed by atoms with Crippen LogP contribution in [0.25, 0.3) is 0 Å². The quantitative estimate of drug-likeness (QED) is 0.772. The number of nitrogens with two attached hydrogens (primary N) is 2. The Morgan fingerprint density at radius 2 is 1.28 bits per heavy atom. The first kappa shape index (κ1) is 20.5. The minimum Gasteiger partial charge on any atom is -0.376 e. The average molecular weight is 399 g/mol. The zero-order valence-corrected chi connectivity index (χ0v) is 16.8. The summed E-state index contributed by atoms with van der Waals surface area (Å²) >= 11 is 0. The normalized spacial score (nSPS) is 27.7. The second kappa shape index (κ2) is 8.92. The number of hydrogen-bond donors (Lipinski definition) is 2. The maximum absolute atomic E-state index is 6.56. The van der Waals surface area contributed by atoms with Gasteiger partial charge < -0.3 is 30.4 Å². The minimum absolute atomic E-state index is 0.380. The van der Waals surface area contributed by atoms with E-state index in [1.807, 2.05) is 18.2 Å². The van der Waals surface area contributed by atoms with Gasteiger partial charge in [0.1, 0.15) is 0 Å². The summed E-state index contributed by atoms with van der Waals surface area (Å²) in [6.07, 6.45) is 0.803. The predicted molar refractivity (Wildman–Crippen MR) is 110 cm³/mol. The molecule has 0 aromatic heterocycles. The second-order valence-electron chi connectivity index (χ2n) is 7.60. The Balaban J connectivity index is 1.89. The van der Waals surface area contributed by atoms with E-state index in [1.54, 1.807) is 0 Å². The maximum atomic E-state index is 6.56. The lowest BCUT2D eigenvalue weighted by Crippen LogP contribution is -2.62. The molecule has 156 valence electrons. The molecule has 0 amide bonds. The molecule has 2 aromatic rings. The molecule has 2 aliphatic heterocycles. The first-order valence-corrected chi connectivity index (χ1v) is 10.3. The fourth-order valence-electron chi connectivity index (χ4n) is 4.42. The largest absolute Gasteiger partial charge is 0.376 e. The van der Waals surface area contributed by atoms with E-state index in [4.69, 9.17) is 30.4 Å². The molecule has 2 fully saturated rings. The lowest BCUT2D eigenvalue weighted by Gasteiger charge is -2.53. The summed E-state index contributed by atoms with van der Waals surface area (Å²) in [7, 11) is 0. The summed E-state index contributed by atoms with van der Waals surface area (Å²) in [6, 6.07) is 16.6. The molecule has 2 aromatic carbocycles. The SMILES string of the molecule is NCCc1cccc(C2(C3(c4cccc(CN)c4)COCCO3)COCCO2)c1. The highest BCUT2D eigenvalue weighted by Crippen LogP contribution is 2.49. The summed E-state index contributed by atoms with van der Waals surface area (Å²) in [6.45, 7) is 3.91. The second-order valence-corrected chi connectivity index (χ2v) is 7.60. The minimum atomic E-state index is -0.835. The van der Waals surface area contributed by atoms with Gasteiger partial charge in [0.15, 0.2) is 11.2 Å². The number of hydrogen-bond acceptors (Lipinski definition) is 6. The van der Waals surface area contributed by atoms with Crippen LogP contribution in [0.1, 0.15) is 22.3 Å². The Morgan fingerprint density at radius 1 is 0.724 bits per heavy atom. The van der Waals surface area contributed by atoms with E-state index >= 15 is 0 Å². The molecule has 2 atom stereocenters. The third-order valence-corrected chi connectivity index (χ3v) is 5.87. The van der Waals surface area contributed by atoms with Gasteiger partial charge in [-0.1, -0.05) is 48.5 Å². The Kier molecular flexibility index (Phi) is 6.29. The van der Waals surface area contributed by atoms with E-state index in [1.165, 1.54) is 5.56 Å². The highest BCUT2D eigenvalue weighted by molar-refractivity contribution is 5.39. The van der Waals surface area contributed by atoms with Gasteiger partial charge in [-0.25, -0.2) is 0 Å². The van der Waals surface area contributed by atoms with Crippen molar-refractivity contribution < 1.29 is 18.9 Å². The van der Waals surface area contributed by atoms with Crippen molar-refractivity contribution in [1.82, 2.24) is 0 Å². The van der Waals surface area contributed by atoms with Crippen LogP contribution in [0.3, 0.4) is 0 Å². The van der Waals surface area contributed by atoms with Crippen molar-refractivity contribution in [1.29, 1.82) is 0 Å². The molecule has 2 heterocycles. The molecule has 29 heavy (non-hydrogen) atoms. The zero-order chi connectivity index (χ0) is 20.2. The van der Waals surface area contributed by atoms with Gasteiger partial charge in [0.25, 0.3) is 0 Å². The van der Waals surface area contributed by atoms with Crippen molar-refractivity contribution in [2.75, 3.05) is 46.2 Å². The van der Waals surface area contributed by atoms with E-state index in [0.717, 1.165) is 23.1 Å². The van der Waals surface area contributed by atoms with Gasteiger partial charge in [-0.3, -0.25) is 0 Å². The zero-order valence-electron chi connectivity index (χ0n) is 16.8. The van der Waals surface area contributed by atoms with Gasteiger partial charge in [0.2, 0.25) is 0 Å². The van der Waals surface area contributed by atoms with Crippen LogP contribution >= 0.6 is 0 Å². The van der Waals surface area contributed by atoms with Crippen molar-refractivity contribution in [3.05, 3.63) is 70.8 Å². The van der Waals surface area contributed by atoms with Crippen molar-refractivity contribution in [2.24, 2.45) is 11.5 Å². The molecule has 0 radical (unpaired) electrons. The van der Waals surface area contributed by atoms with Crippen molar-refractivity contribution in [3.8, 4) is 0 Å². The summed E-state index contributed by atoms with van der Waals surface area (Å²) in [4.78, 5) is 0. The third kappa shape index (κ3) is 3.72. The van der Waals surface area contributed by atoms with E-state index in [-0.39, 0.29) is 0 Å². The molecule has 2 aliphatic rings. The smallest absolute Gasteiger partial charge is 0.152 e. The van der Waals surface area contributed by atoms with Gasteiger partial charge >= 0.3 is 0 Å². The molecular formula is C23H30N2O4. The van der Waals surface area contributed by atoms with Crippen LogP contribution < -0.4 is 11.5 Å². The van der Waals surface area contributed by atoms with Crippen LogP contribution in [0, 0.1) is 0 Å². The summed E-state index contributed by atoms with van der Waals surface area (Å²) < 4.78 is 25.1. The van der Waals surface area contributed by atoms with Crippen LogP contribution in [0.5, 0.6) is 0 Å². The number of ether oxygens (including phenoxy) is 4. The van der Waals surface area contributed by atoms with E-state index < -0.39 is 11.2 Å². The Morgan fingerprint density at radius 3 is 1.76 bits per heavy atom. The van der Waals surface area contributed by atoms with Crippen LogP contribution in [0.15, 0.2) is 48.5 Å². The van der Waals surface area contributed by atoms with Gasteiger partial charge in [0.05, 0.1) is 39.6 Å². The maximum Gasteiger partial charge on any atom is 0.152 e. The first-order chi connectivity index (χ1) is 14.2. The third-order valence-electron chi connectivity index (χ3n) is 5.87. The molecule has 4 rings (SSSR count). The molecule has 6 heteroatoms. The van der Waals surface area contributed by atoms with Gasteiger partial charge in [-0.2, -0.15) is 0 Å². The summed E-state index contributed by atoms with van der Waals surface area (Å²) in [5.74, 6) is 0. The van der Waals surface area contributed by atoms with Gasteiger partial charge in [-0.15, -0.1) is 0 Å². The standard InChI is InChI=1S/C23H30N2O4/c24-8-7-18-3-1-5-20(13-18)22(16-26-9-11-28-22)23(17-27-10-12-29-23)21-6-2-4-19(14-21)15-25/h1-6,13-14H,7-12,15-17,24-25H2. The Hall–Kier alpha value is -1.80. The van der Waals surface area contributed by atoms with Crippen LogP contribution in [-0.4, -0.2) is 46.2 Å². The van der Waals surface area contributed by atoms with Crippen molar-refractivity contribution >= 4 is 0 Å². The number of benzene rings is 2. The predicted octanol–water partition coefficient (Wildman–Crippen LogP) is 1.83. The monoisotopic (exact) mass is 398 g/mol. The first-order valence-electron chi connectivity index (χ1n) is 10.3. The van der Waals surface area contributed by atoms with Crippen molar-refractivity contribution in [2.45, 2.75) is 24.2 Å². The van der Waals surface area contributed by atoms with Gasteiger partial charge in [-0.05, 0) is 35.2 Å². The summed E-state index contributed by atoms with van der Waals surface area (Å²) in [5, 5.41) is 0. The molecule has 0 spiro atoms. The molecule has 2 unspecified atom stereocenters. The molecule has 0 bridgehead atoms. The number of rotatable bonds is 6. The van der Waals surface area contributed by atoms with E-state index in [0.29, 0.717) is 52.7 Å². The highest BCUT2D eigenvalue weighted by Gasteiger charge is 2.58. The van der Waals surface area contributed by atoms with Crippen LogP contribution in [0.2, 0.25) is 0 Å². The van der Waals surface area contributed by atoms with E-state index in [9.17, 15) is 0 Å². The molecule has 0 saturated carbocycles. The molecule has 0 aliphatic carbocycles. The van der Waals surface area contributed by atoms with Crippen LogP contribution in [-0.2, 0) is 43.1 Å². The molecular weight excluding hydrogens is 368 g/mol. The molecule has 2 saturated heterocycles. The van der Waals surface area contributed by atoms with E-state index in [2.05, 4.69) is 30.3 Å². The fraction of sp³-hybridized carbons (Fsp3) is 0.478. The average Bonchev–Trinajstić information content (AvgIpc) is 2.80. The van der Waals surface area contributed by atoms with Crippen molar-refractivity contribution in [3.63, 3.8) is 0 Å². The molecule has 4 N–H and O–H groups in total. The van der Waals surface area contributed by atoms with Gasteiger partial charge in [0, 0.05) is 6.54 Å².